The third-order valence-corrected chi connectivity index (χ3v) is 4.74. The van der Waals surface area contributed by atoms with Crippen molar-refractivity contribution in [1.29, 1.82) is 0 Å². The van der Waals surface area contributed by atoms with E-state index in [1.165, 1.54) is 5.56 Å². The summed E-state index contributed by atoms with van der Waals surface area (Å²) in [4.78, 5) is 4.26. The maximum atomic E-state index is 5.71. The van der Waals surface area contributed by atoms with Gasteiger partial charge in [-0.1, -0.05) is 30.3 Å². The van der Waals surface area contributed by atoms with Crippen molar-refractivity contribution in [3.63, 3.8) is 0 Å². The first-order valence-electron chi connectivity index (χ1n) is 10.6. The predicted molar refractivity (Wildman–Crippen MR) is 114 cm³/mol. The molecule has 1 heterocycles. The number of benzene rings is 1. The fourth-order valence-electron chi connectivity index (χ4n) is 3.04. The summed E-state index contributed by atoms with van der Waals surface area (Å²) in [6.07, 6.45) is 5.21. The fraction of sp³-hybridized carbons (Fsp3) is 0.682. The highest BCUT2D eigenvalue weighted by Crippen LogP contribution is 2.12. The molecule has 1 aliphatic heterocycles. The number of unbranched alkanes of at least 4 members (excludes halogenated alkanes) is 1. The Balaban J connectivity index is 1.36. The average molecular weight is 392 g/mol. The van der Waals surface area contributed by atoms with Crippen molar-refractivity contribution in [1.82, 2.24) is 10.6 Å². The van der Waals surface area contributed by atoms with Crippen LogP contribution in [0.25, 0.3) is 0 Å². The quantitative estimate of drug-likeness (QED) is 0.290. The Morgan fingerprint density at radius 3 is 2.57 bits per heavy atom. The normalized spacial score (nSPS) is 17.0. The molecule has 0 aliphatic carbocycles. The summed E-state index contributed by atoms with van der Waals surface area (Å²) in [5, 5.41) is 6.68. The molecule has 1 atom stereocenters. The zero-order chi connectivity index (χ0) is 19.7. The Morgan fingerprint density at radius 2 is 1.82 bits per heavy atom. The van der Waals surface area contributed by atoms with Gasteiger partial charge in [-0.15, -0.1) is 0 Å². The first-order chi connectivity index (χ1) is 13.9. The number of aliphatic imine (C=N–C) groups is 1. The van der Waals surface area contributed by atoms with E-state index in [4.69, 9.17) is 14.2 Å². The van der Waals surface area contributed by atoms with E-state index >= 15 is 0 Å². The van der Waals surface area contributed by atoms with Crippen molar-refractivity contribution >= 4 is 5.96 Å². The molecule has 1 saturated heterocycles. The van der Waals surface area contributed by atoms with Crippen molar-refractivity contribution in [3.8, 4) is 0 Å². The molecule has 28 heavy (non-hydrogen) atoms. The van der Waals surface area contributed by atoms with Gasteiger partial charge in [0.05, 0.1) is 19.8 Å². The van der Waals surface area contributed by atoms with Crippen molar-refractivity contribution in [2.24, 2.45) is 10.9 Å². The molecule has 0 saturated carbocycles. The van der Waals surface area contributed by atoms with Gasteiger partial charge in [-0.05, 0) is 37.7 Å². The Labute approximate surface area is 170 Å². The number of ether oxygens (including phenoxy) is 3. The van der Waals surface area contributed by atoms with Crippen LogP contribution in [0.2, 0.25) is 0 Å². The Bertz CT molecular complexity index is 519. The lowest BCUT2D eigenvalue weighted by atomic mass is 10.1. The van der Waals surface area contributed by atoms with Gasteiger partial charge >= 0.3 is 0 Å². The molecule has 0 spiro atoms. The highest BCUT2D eigenvalue weighted by molar-refractivity contribution is 5.79. The second kappa shape index (κ2) is 15.3. The highest BCUT2D eigenvalue weighted by atomic mass is 16.5. The summed E-state index contributed by atoms with van der Waals surface area (Å²) in [7, 11) is 1.80. The van der Waals surface area contributed by atoms with Crippen LogP contribution in [-0.2, 0) is 20.6 Å². The van der Waals surface area contributed by atoms with Crippen molar-refractivity contribution in [2.75, 3.05) is 59.8 Å². The van der Waals surface area contributed by atoms with E-state index in [1.54, 1.807) is 7.05 Å². The Kier molecular flexibility index (Phi) is 12.4. The van der Waals surface area contributed by atoms with Gasteiger partial charge in [0.25, 0.3) is 0 Å². The SMILES string of the molecule is CN=C(NCCCCOCCc1ccccc1)NCCCOCC1CCOC1. The van der Waals surface area contributed by atoms with E-state index in [0.29, 0.717) is 5.92 Å². The number of hydrogen-bond donors (Lipinski definition) is 2. The van der Waals surface area contributed by atoms with Crippen LogP contribution in [0.5, 0.6) is 0 Å². The fourth-order valence-corrected chi connectivity index (χ4v) is 3.04. The van der Waals surface area contributed by atoms with Crippen LogP contribution in [0.1, 0.15) is 31.2 Å². The third kappa shape index (κ3) is 10.6. The number of guanidine groups is 1. The van der Waals surface area contributed by atoms with Gasteiger partial charge in [0.15, 0.2) is 5.96 Å². The van der Waals surface area contributed by atoms with Gasteiger partial charge in [-0.3, -0.25) is 4.99 Å². The Hall–Kier alpha value is -1.63. The molecule has 1 fully saturated rings. The molecule has 0 amide bonds. The minimum atomic E-state index is 0.588. The van der Waals surface area contributed by atoms with Gasteiger partial charge in [-0.25, -0.2) is 0 Å². The average Bonchev–Trinajstić information content (AvgIpc) is 3.25. The smallest absolute Gasteiger partial charge is 0.190 e. The molecule has 0 radical (unpaired) electrons. The second-order valence-corrected chi connectivity index (χ2v) is 7.14. The van der Waals surface area contributed by atoms with E-state index in [-0.39, 0.29) is 0 Å². The topological polar surface area (TPSA) is 64.1 Å². The van der Waals surface area contributed by atoms with Crippen molar-refractivity contribution in [2.45, 2.75) is 32.1 Å². The van der Waals surface area contributed by atoms with E-state index in [9.17, 15) is 0 Å². The minimum Gasteiger partial charge on any atom is -0.381 e. The summed E-state index contributed by atoms with van der Waals surface area (Å²) in [5.41, 5.74) is 1.33. The molecular formula is C22H37N3O3. The number of nitrogens with zero attached hydrogens (tertiary/aromatic N) is 1. The number of nitrogens with one attached hydrogen (secondary N) is 2. The van der Waals surface area contributed by atoms with Crippen LogP contribution in [0.15, 0.2) is 35.3 Å². The second-order valence-electron chi connectivity index (χ2n) is 7.14. The molecule has 1 aliphatic rings. The predicted octanol–water partition coefficient (Wildman–Crippen LogP) is 2.63. The third-order valence-electron chi connectivity index (χ3n) is 4.74. The number of hydrogen-bond acceptors (Lipinski definition) is 4. The van der Waals surface area contributed by atoms with Gasteiger partial charge in [0, 0.05) is 45.9 Å². The maximum Gasteiger partial charge on any atom is 0.190 e. The zero-order valence-corrected chi connectivity index (χ0v) is 17.3. The monoisotopic (exact) mass is 391 g/mol. The lowest BCUT2D eigenvalue weighted by Gasteiger charge is -2.12. The van der Waals surface area contributed by atoms with Crippen LogP contribution in [-0.4, -0.2) is 65.7 Å². The summed E-state index contributed by atoms with van der Waals surface area (Å²) in [6, 6.07) is 10.5. The number of rotatable bonds is 14. The summed E-state index contributed by atoms with van der Waals surface area (Å²) in [6.45, 7) is 6.70. The molecule has 1 aromatic carbocycles. The van der Waals surface area contributed by atoms with Crippen molar-refractivity contribution in [3.05, 3.63) is 35.9 Å². The van der Waals surface area contributed by atoms with Crippen LogP contribution in [0.4, 0.5) is 0 Å². The molecule has 0 aromatic heterocycles. The van der Waals surface area contributed by atoms with E-state index < -0.39 is 0 Å². The van der Waals surface area contributed by atoms with Gasteiger partial charge in [0.2, 0.25) is 0 Å². The van der Waals surface area contributed by atoms with Gasteiger partial charge < -0.3 is 24.8 Å². The lowest BCUT2D eigenvalue weighted by Crippen LogP contribution is -2.38. The molecule has 6 heteroatoms. The van der Waals surface area contributed by atoms with E-state index in [0.717, 1.165) is 90.8 Å². The van der Waals surface area contributed by atoms with Gasteiger partial charge in [0.1, 0.15) is 0 Å². The van der Waals surface area contributed by atoms with E-state index in [1.807, 2.05) is 6.07 Å². The molecule has 0 bridgehead atoms. The largest absolute Gasteiger partial charge is 0.381 e. The summed E-state index contributed by atoms with van der Waals surface area (Å²) in [5.74, 6) is 1.44. The molecule has 1 unspecified atom stereocenters. The summed E-state index contributed by atoms with van der Waals surface area (Å²) >= 11 is 0. The standard InChI is InChI=1S/C22H37N3O3/c1-23-22(25-13-7-15-27-18-21-11-17-28-19-21)24-12-5-6-14-26-16-10-20-8-3-2-4-9-20/h2-4,8-9,21H,5-7,10-19H2,1H3,(H2,23,24,25). The first-order valence-corrected chi connectivity index (χ1v) is 10.6. The molecular weight excluding hydrogens is 354 g/mol. The molecule has 158 valence electrons. The maximum absolute atomic E-state index is 5.71. The molecule has 2 N–H and O–H groups in total. The first kappa shape index (κ1) is 22.7. The van der Waals surface area contributed by atoms with Gasteiger partial charge in [-0.2, -0.15) is 0 Å². The molecule has 1 aromatic rings. The van der Waals surface area contributed by atoms with Crippen LogP contribution >= 0.6 is 0 Å². The molecule has 2 rings (SSSR count). The molecule has 6 nitrogen and oxygen atoms in total. The lowest BCUT2D eigenvalue weighted by molar-refractivity contribution is 0.0888. The minimum absolute atomic E-state index is 0.588. The van der Waals surface area contributed by atoms with E-state index in [2.05, 4.69) is 39.9 Å². The van der Waals surface area contributed by atoms with Crippen LogP contribution in [0, 0.1) is 5.92 Å². The van der Waals surface area contributed by atoms with Crippen LogP contribution in [0.3, 0.4) is 0 Å². The van der Waals surface area contributed by atoms with Crippen molar-refractivity contribution < 1.29 is 14.2 Å². The highest BCUT2D eigenvalue weighted by Gasteiger charge is 2.15. The Morgan fingerprint density at radius 1 is 1.04 bits per heavy atom. The zero-order valence-electron chi connectivity index (χ0n) is 17.3. The van der Waals surface area contributed by atoms with Crippen LogP contribution < -0.4 is 10.6 Å². The summed E-state index contributed by atoms with van der Waals surface area (Å²) < 4.78 is 16.8.